The molecular weight excluding hydrogens is 180 g/mol. The molecule has 14 heavy (non-hydrogen) atoms. The summed E-state index contributed by atoms with van der Waals surface area (Å²) >= 11 is 0. The number of anilines is 1. The minimum atomic E-state index is -0.542. The normalized spacial score (nSPS) is 17.4. The van der Waals surface area contributed by atoms with E-state index in [2.05, 4.69) is 10.2 Å². The van der Waals surface area contributed by atoms with Gasteiger partial charge >= 0.3 is 0 Å². The highest BCUT2D eigenvalue weighted by Gasteiger charge is 2.24. The SMILES string of the molecule is NC(=O)c1[nH]nc(C2CCCC2)c1N. The average molecular weight is 194 g/mol. The maximum atomic E-state index is 10.9. The Bertz CT molecular complexity index is 352. The molecule has 5 nitrogen and oxygen atoms in total. The largest absolute Gasteiger partial charge is 0.395 e. The van der Waals surface area contributed by atoms with E-state index < -0.39 is 5.91 Å². The topological polar surface area (TPSA) is 97.8 Å². The molecule has 76 valence electrons. The number of nitrogen functional groups attached to an aromatic ring is 1. The Labute approximate surface area is 81.9 Å². The van der Waals surface area contributed by atoms with Crippen LogP contribution in [0.15, 0.2) is 0 Å². The van der Waals surface area contributed by atoms with Crippen LogP contribution in [0, 0.1) is 0 Å². The van der Waals surface area contributed by atoms with Gasteiger partial charge in [-0.15, -0.1) is 0 Å². The third-order valence-electron chi connectivity index (χ3n) is 2.82. The van der Waals surface area contributed by atoms with E-state index in [1.54, 1.807) is 0 Å². The van der Waals surface area contributed by atoms with Gasteiger partial charge < -0.3 is 11.5 Å². The molecule has 0 spiro atoms. The molecule has 5 N–H and O–H groups in total. The standard InChI is InChI=1S/C9H14N4O/c10-6-7(5-3-1-2-4-5)12-13-8(6)9(11)14/h5H,1-4,10H2,(H2,11,14)(H,12,13). The van der Waals surface area contributed by atoms with Gasteiger partial charge in [0, 0.05) is 5.92 Å². The van der Waals surface area contributed by atoms with Crippen LogP contribution < -0.4 is 11.5 Å². The van der Waals surface area contributed by atoms with Crippen molar-refractivity contribution in [2.24, 2.45) is 5.73 Å². The molecule has 1 fully saturated rings. The van der Waals surface area contributed by atoms with Crippen molar-refractivity contribution in [2.45, 2.75) is 31.6 Å². The summed E-state index contributed by atoms with van der Waals surface area (Å²) in [5.41, 5.74) is 12.4. The zero-order chi connectivity index (χ0) is 10.1. The van der Waals surface area contributed by atoms with E-state index in [-0.39, 0.29) is 5.69 Å². The number of carbonyl (C=O) groups excluding carboxylic acids is 1. The summed E-state index contributed by atoms with van der Waals surface area (Å²) in [7, 11) is 0. The predicted octanol–water partition coefficient (Wildman–Crippen LogP) is 0.748. The van der Waals surface area contributed by atoms with Crippen molar-refractivity contribution in [1.82, 2.24) is 10.2 Å². The van der Waals surface area contributed by atoms with Crippen LogP contribution in [0.3, 0.4) is 0 Å². The third-order valence-corrected chi connectivity index (χ3v) is 2.82. The Kier molecular flexibility index (Phi) is 2.15. The lowest BCUT2D eigenvalue weighted by Crippen LogP contribution is -2.13. The lowest BCUT2D eigenvalue weighted by Gasteiger charge is -2.05. The van der Waals surface area contributed by atoms with Crippen LogP contribution in [0.25, 0.3) is 0 Å². The molecular formula is C9H14N4O. The van der Waals surface area contributed by atoms with E-state index in [1.807, 2.05) is 0 Å². The van der Waals surface area contributed by atoms with Gasteiger partial charge in [-0.05, 0) is 12.8 Å². The Hall–Kier alpha value is -1.52. The fourth-order valence-corrected chi connectivity index (χ4v) is 2.06. The molecule has 1 aliphatic carbocycles. The van der Waals surface area contributed by atoms with Gasteiger partial charge in [-0.25, -0.2) is 0 Å². The molecule has 1 heterocycles. The van der Waals surface area contributed by atoms with Gasteiger partial charge in [0.25, 0.3) is 5.91 Å². The molecule has 0 unspecified atom stereocenters. The molecule has 0 aliphatic heterocycles. The number of amides is 1. The predicted molar refractivity (Wildman–Crippen MR) is 52.7 cm³/mol. The van der Waals surface area contributed by atoms with E-state index in [4.69, 9.17) is 11.5 Å². The van der Waals surface area contributed by atoms with Gasteiger partial charge in [0.05, 0.1) is 11.4 Å². The highest BCUT2D eigenvalue weighted by Crippen LogP contribution is 2.36. The van der Waals surface area contributed by atoms with E-state index >= 15 is 0 Å². The summed E-state index contributed by atoms with van der Waals surface area (Å²) in [6, 6.07) is 0. The highest BCUT2D eigenvalue weighted by atomic mass is 16.1. The monoisotopic (exact) mass is 194 g/mol. The van der Waals surface area contributed by atoms with Crippen molar-refractivity contribution < 1.29 is 4.79 Å². The molecule has 1 amide bonds. The van der Waals surface area contributed by atoms with E-state index in [9.17, 15) is 4.79 Å². The maximum absolute atomic E-state index is 10.9. The van der Waals surface area contributed by atoms with Crippen LogP contribution in [-0.2, 0) is 0 Å². The lowest BCUT2D eigenvalue weighted by atomic mass is 10.0. The maximum Gasteiger partial charge on any atom is 0.268 e. The smallest absolute Gasteiger partial charge is 0.268 e. The number of nitrogens with two attached hydrogens (primary N) is 2. The summed E-state index contributed by atoms with van der Waals surface area (Å²) < 4.78 is 0. The van der Waals surface area contributed by atoms with Gasteiger partial charge in [0.15, 0.2) is 0 Å². The van der Waals surface area contributed by atoms with Crippen LogP contribution in [0.1, 0.15) is 47.8 Å². The number of primary amides is 1. The number of nitrogens with zero attached hydrogens (tertiary/aromatic N) is 1. The number of aromatic nitrogens is 2. The first-order valence-corrected chi connectivity index (χ1v) is 4.83. The van der Waals surface area contributed by atoms with Crippen molar-refractivity contribution in [1.29, 1.82) is 0 Å². The summed E-state index contributed by atoms with van der Waals surface area (Å²) in [6.07, 6.45) is 4.63. The molecule has 1 saturated carbocycles. The van der Waals surface area contributed by atoms with Gasteiger partial charge in [0.1, 0.15) is 5.69 Å². The van der Waals surface area contributed by atoms with Crippen molar-refractivity contribution >= 4 is 11.6 Å². The fourth-order valence-electron chi connectivity index (χ4n) is 2.06. The van der Waals surface area contributed by atoms with Crippen LogP contribution >= 0.6 is 0 Å². The second-order valence-corrected chi connectivity index (χ2v) is 3.74. The number of hydrogen-bond donors (Lipinski definition) is 3. The van der Waals surface area contributed by atoms with E-state index in [0.717, 1.165) is 18.5 Å². The first-order chi connectivity index (χ1) is 6.70. The molecule has 0 radical (unpaired) electrons. The summed E-state index contributed by atoms with van der Waals surface area (Å²) in [5.74, 6) is -0.140. The molecule has 0 atom stereocenters. The highest BCUT2D eigenvalue weighted by molar-refractivity contribution is 5.96. The molecule has 1 aromatic heterocycles. The zero-order valence-electron chi connectivity index (χ0n) is 7.92. The van der Waals surface area contributed by atoms with E-state index in [1.165, 1.54) is 12.8 Å². The summed E-state index contributed by atoms with van der Waals surface area (Å²) in [6.45, 7) is 0. The van der Waals surface area contributed by atoms with Crippen LogP contribution in [0.4, 0.5) is 5.69 Å². The van der Waals surface area contributed by atoms with Crippen molar-refractivity contribution in [3.05, 3.63) is 11.4 Å². The van der Waals surface area contributed by atoms with Crippen LogP contribution in [0.5, 0.6) is 0 Å². The van der Waals surface area contributed by atoms with Crippen LogP contribution in [0.2, 0.25) is 0 Å². The number of hydrogen-bond acceptors (Lipinski definition) is 3. The number of H-pyrrole nitrogens is 1. The van der Waals surface area contributed by atoms with E-state index in [0.29, 0.717) is 11.6 Å². The molecule has 1 aliphatic rings. The Morgan fingerprint density at radius 1 is 1.43 bits per heavy atom. The quantitative estimate of drug-likeness (QED) is 0.647. The summed E-state index contributed by atoms with van der Waals surface area (Å²) in [5, 5.41) is 6.67. The Balaban J connectivity index is 2.30. The molecule has 1 aromatic rings. The van der Waals surface area contributed by atoms with Crippen molar-refractivity contribution in [3.63, 3.8) is 0 Å². The van der Waals surface area contributed by atoms with Gasteiger partial charge in [0.2, 0.25) is 0 Å². The van der Waals surface area contributed by atoms with Gasteiger partial charge in [-0.2, -0.15) is 5.10 Å². The Morgan fingerprint density at radius 3 is 2.57 bits per heavy atom. The minimum absolute atomic E-state index is 0.242. The number of nitrogens with one attached hydrogen (secondary N) is 1. The molecule has 5 heteroatoms. The number of carbonyl (C=O) groups is 1. The zero-order valence-corrected chi connectivity index (χ0v) is 7.92. The first kappa shape index (κ1) is 9.05. The van der Waals surface area contributed by atoms with Crippen molar-refractivity contribution in [2.75, 3.05) is 5.73 Å². The van der Waals surface area contributed by atoms with Gasteiger partial charge in [-0.1, -0.05) is 12.8 Å². The first-order valence-electron chi connectivity index (χ1n) is 4.83. The average Bonchev–Trinajstić information content (AvgIpc) is 2.71. The fraction of sp³-hybridized carbons (Fsp3) is 0.556. The Morgan fingerprint density at radius 2 is 2.07 bits per heavy atom. The van der Waals surface area contributed by atoms with Gasteiger partial charge in [-0.3, -0.25) is 9.89 Å². The number of rotatable bonds is 2. The molecule has 0 bridgehead atoms. The molecule has 0 saturated heterocycles. The lowest BCUT2D eigenvalue weighted by molar-refractivity contribution is 0.0996. The van der Waals surface area contributed by atoms with Crippen molar-refractivity contribution in [3.8, 4) is 0 Å². The number of aromatic amines is 1. The second-order valence-electron chi connectivity index (χ2n) is 3.74. The third kappa shape index (κ3) is 1.34. The molecule has 0 aromatic carbocycles. The minimum Gasteiger partial charge on any atom is -0.395 e. The van der Waals surface area contributed by atoms with Crippen LogP contribution in [-0.4, -0.2) is 16.1 Å². The summed E-state index contributed by atoms with van der Waals surface area (Å²) in [4.78, 5) is 10.9. The molecule has 2 rings (SSSR count). The second kappa shape index (κ2) is 3.32.